The fraction of sp³-hybridized carbons (Fsp3) is 0.154. The molecule has 0 heterocycles. The number of ether oxygens (including phenoxy) is 1. The van der Waals surface area contributed by atoms with Crippen molar-refractivity contribution in [2.24, 2.45) is 0 Å². The predicted molar refractivity (Wildman–Crippen MR) is 73.6 cm³/mol. The van der Waals surface area contributed by atoms with E-state index in [1.54, 1.807) is 18.2 Å². The van der Waals surface area contributed by atoms with Gasteiger partial charge in [0.2, 0.25) is 0 Å². The van der Waals surface area contributed by atoms with Gasteiger partial charge in [0.05, 0.1) is 12.0 Å². The van der Waals surface area contributed by atoms with Crippen molar-refractivity contribution in [2.45, 2.75) is 4.90 Å². The Labute approximate surface area is 122 Å². The molecule has 1 N–H and O–H groups in total. The number of nitriles is 3. The van der Waals surface area contributed by atoms with Gasteiger partial charge in [0, 0.05) is 18.0 Å². The minimum absolute atomic E-state index is 0.0166. The molecule has 106 valence electrons. The number of nitrogens with one attached hydrogen (secondary N) is 1. The second-order valence-electron chi connectivity index (χ2n) is 3.88. The molecule has 0 saturated carbocycles. The quantitative estimate of drug-likeness (QED) is 0.831. The first kappa shape index (κ1) is 16.0. The second-order valence-corrected chi connectivity index (χ2v) is 5.90. The number of sulfone groups is 1. The molecule has 1 aromatic carbocycles. The third-order valence-electron chi connectivity index (χ3n) is 2.40. The Bertz CT molecular complexity index is 804. The minimum Gasteiger partial charge on any atom is -0.497 e. The zero-order valence-corrected chi connectivity index (χ0v) is 12.0. The number of methoxy groups -OCH3 is 1. The lowest BCUT2D eigenvalue weighted by Crippen LogP contribution is -2.04. The molecule has 0 aliphatic carbocycles. The molecule has 0 aliphatic heterocycles. The van der Waals surface area contributed by atoms with Crippen LogP contribution in [0.5, 0.6) is 5.75 Å². The van der Waals surface area contributed by atoms with Crippen LogP contribution in [0.2, 0.25) is 0 Å². The van der Waals surface area contributed by atoms with Crippen molar-refractivity contribution >= 4 is 15.5 Å². The van der Waals surface area contributed by atoms with Crippen LogP contribution in [0.1, 0.15) is 0 Å². The smallest absolute Gasteiger partial charge is 0.175 e. The van der Waals surface area contributed by atoms with Gasteiger partial charge in [0.25, 0.3) is 0 Å². The molecular weight excluding hydrogens is 292 g/mol. The van der Waals surface area contributed by atoms with E-state index in [0.29, 0.717) is 0 Å². The zero-order valence-electron chi connectivity index (χ0n) is 11.2. The van der Waals surface area contributed by atoms with Gasteiger partial charge in [-0.25, -0.2) is 8.42 Å². The lowest BCUT2D eigenvalue weighted by atomic mass is 10.2. The van der Waals surface area contributed by atoms with Gasteiger partial charge in [0.15, 0.2) is 15.4 Å². The molecule has 0 unspecified atom stereocenters. The average molecular weight is 302 g/mol. The van der Waals surface area contributed by atoms with Crippen molar-refractivity contribution in [1.29, 1.82) is 15.8 Å². The minimum atomic E-state index is -3.48. The van der Waals surface area contributed by atoms with Gasteiger partial charge >= 0.3 is 0 Å². The third-order valence-corrected chi connectivity index (χ3v) is 3.49. The van der Waals surface area contributed by atoms with Crippen LogP contribution in [0.25, 0.3) is 0 Å². The number of rotatable bonds is 4. The number of allylic oxidation sites excluding steroid dienone is 2. The number of nitrogens with zero attached hydrogens (tertiary/aromatic N) is 3. The molecule has 0 fully saturated rings. The maximum Gasteiger partial charge on any atom is 0.175 e. The van der Waals surface area contributed by atoms with Crippen LogP contribution in [0, 0.1) is 34.0 Å². The molecule has 0 radical (unpaired) electrons. The summed E-state index contributed by atoms with van der Waals surface area (Å²) in [4.78, 5) is -0.0166. The van der Waals surface area contributed by atoms with Crippen LogP contribution in [0.4, 0.5) is 5.69 Å². The van der Waals surface area contributed by atoms with Gasteiger partial charge in [-0.05, 0) is 12.1 Å². The fourth-order valence-electron chi connectivity index (χ4n) is 1.40. The van der Waals surface area contributed by atoms with Crippen LogP contribution in [0.3, 0.4) is 0 Å². The maximum atomic E-state index is 11.6. The largest absolute Gasteiger partial charge is 0.497 e. The van der Waals surface area contributed by atoms with Gasteiger partial charge in [-0.15, -0.1) is 0 Å². The first-order valence-corrected chi connectivity index (χ1v) is 7.35. The van der Waals surface area contributed by atoms with E-state index in [1.807, 2.05) is 0 Å². The molecule has 21 heavy (non-hydrogen) atoms. The van der Waals surface area contributed by atoms with Gasteiger partial charge in [-0.2, -0.15) is 15.8 Å². The van der Waals surface area contributed by atoms with E-state index in [9.17, 15) is 8.42 Å². The Kier molecular flexibility index (Phi) is 4.91. The van der Waals surface area contributed by atoms with E-state index in [1.165, 1.54) is 25.3 Å². The Morgan fingerprint density at radius 2 is 1.76 bits per heavy atom. The van der Waals surface area contributed by atoms with Crippen molar-refractivity contribution in [2.75, 3.05) is 18.7 Å². The zero-order chi connectivity index (χ0) is 16.0. The molecule has 0 spiro atoms. The van der Waals surface area contributed by atoms with E-state index in [0.717, 1.165) is 6.26 Å². The van der Waals surface area contributed by atoms with Crippen LogP contribution >= 0.6 is 0 Å². The van der Waals surface area contributed by atoms with Gasteiger partial charge < -0.3 is 10.1 Å². The Balaban J connectivity index is 3.40. The van der Waals surface area contributed by atoms with Crippen LogP contribution in [-0.2, 0) is 9.84 Å². The van der Waals surface area contributed by atoms with Crippen molar-refractivity contribution in [3.63, 3.8) is 0 Å². The standard InChI is InChI=1S/C13H10N4O3S/c1-20-11-3-10(4-12(5-11)21(2,18)19)17-13(8-16)9(6-14)7-15/h3-5,17H,1-2H3. The maximum absolute atomic E-state index is 11.6. The highest BCUT2D eigenvalue weighted by molar-refractivity contribution is 7.90. The summed E-state index contributed by atoms with van der Waals surface area (Å²) in [5.74, 6) is 0.258. The molecule has 1 aromatic rings. The average Bonchev–Trinajstić information content (AvgIpc) is 2.46. The summed E-state index contributed by atoms with van der Waals surface area (Å²) in [5.41, 5.74) is -0.455. The SMILES string of the molecule is COc1cc(NC(C#N)=C(C#N)C#N)cc(S(C)(=O)=O)c1. The Hall–Kier alpha value is -3.02. The third kappa shape index (κ3) is 3.97. The van der Waals surface area contributed by atoms with Crippen LogP contribution < -0.4 is 10.1 Å². The van der Waals surface area contributed by atoms with E-state index in [-0.39, 0.29) is 22.0 Å². The number of hydrogen-bond donors (Lipinski definition) is 1. The summed E-state index contributed by atoms with van der Waals surface area (Å²) in [5, 5.41) is 29.0. The van der Waals surface area contributed by atoms with E-state index in [4.69, 9.17) is 20.5 Å². The number of anilines is 1. The molecule has 0 saturated heterocycles. The van der Waals surface area contributed by atoms with E-state index in [2.05, 4.69) is 5.32 Å². The Morgan fingerprint density at radius 3 is 2.19 bits per heavy atom. The summed E-state index contributed by atoms with van der Waals surface area (Å²) in [6.45, 7) is 0. The van der Waals surface area contributed by atoms with Gasteiger partial charge in [-0.1, -0.05) is 0 Å². The molecule has 7 nitrogen and oxygen atoms in total. The first-order valence-electron chi connectivity index (χ1n) is 5.46. The number of benzene rings is 1. The summed E-state index contributed by atoms with van der Waals surface area (Å²) in [6.07, 6.45) is 1.03. The molecule has 0 atom stereocenters. The summed E-state index contributed by atoms with van der Waals surface area (Å²) >= 11 is 0. The predicted octanol–water partition coefficient (Wildman–Crippen LogP) is 1.34. The Morgan fingerprint density at radius 1 is 1.14 bits per heavy atom. The number of hydrogen-bond acceptors (Lipinski definition) is 7. The lowest BCUT2D eigenvalue weighted by molar-refractivity contribution is 0.413. The molecule has 1 rings (SSSR count). The van der Waals surface area contributed by atoms with Crippen LogP contribution in [-0.4, -0.2) is 21.8 Å². The fourth-order valence-corrected chi connectivity index (χ4v) is 2.07. The molecule has 0 aliphatic rings. The van der Waals surface area contributed by atoms with Crippen molar-refractivity contribution in [3.8, 4) is 24.0 Å². The summed E-state index contributed by atoms with van der Waals surface area (Å²) in [6, 6.07) is 8.89. The van der Waals surface area contributed by atoms with Crippen LogP contribution in [0.15, 0.2) is 34.4 Å². The highest BCUT2D eigenvalue weighted by atomic mass is 32.2. The van der Waals surface area contributed by atoms with E-state index >= 15 is 0 Å². The molecule has 0 bridgehead atoms. The molecule has 0 amide bonds. The molecule has 8 heteroatoms. The van der Waals surface area contributed by atoms with Crippen molar-refractivity contribution in [1.82, 2.24) is 0 Å². The molecular formula is C13H10N4O3S. The van der Waals surface area contributed by atoms with Crippen molar-refractivity contribution < 1.29 is 13.2 Å². The van der Waals surface area contributed by atoms with E-state index < -0.39 is 15.4 Å². The second kappa shape index (κ2) is 6.42. The topological polar surface area (TPSA) is 127 Å². The normalized spacial score (nSPS) is 9.67. The monoisotopic (exact) mass is 302 g/mol. The highest BCUT2D eigenvalue weighted by Crippen LogP contribution is 2.25. The van der Waals surface area contributed by atoms with Crippen molar-refractivity contribution in [3.05, 3.63) is 29.5 Å². The first-order chi connectivity index (χ1) is 9.85. The highest BCUT2D eigenvalue weighted by Gasteiger charge is 2.13. The van der Waals surface area contributed by atoms with Gasteiger partial charge in [0.1, 0.15) is 29.7 Å². The lowest BCUT2D eigenvalue weighted by Gasteiger charge is -2.09. The summed E-state index contributed by atoms with van der Waals surface area (Å²) < 4.78 is 28.2. The summed E-state index contributed by atoms with van der Waals surface area (Å²) in [7, 11) is -2.12. The molecule has 0 aromatic heterocycles. The van der Waals surface area contributed by atoms with Gasteiger partial charge in [-0.3, -0.25) is 0 Å².